The Hall–Kier alpha value is -2.03. The second-order valence-corrected chi connectivity index (χ2v) is 10.4. The zero-order valence-electron chi connectivity index (χ0n) is 17.1. The number of halogens is 1. The molecule has 0 aromatic heterocycles. The van der Waals surface area contributed by atoms with Crippen molar-refractivity contribution in [2.75, 3.05) is 18.1 Å². The van der Waals surface area contributed by atoms with E-state index in [1.807, 2.05) is 0 Å². The molecular formula is C22H25ClN2O5S. The number of anilines is 1. The highest BCUT2D eigenvalue weighted by molar-refractivity contribution is 8.02. The van der Waals surface area contributed by atoms with Crippen molar-refractivity contribution in [3.8, 4) is 0 Å². The van der Waals surface area contributed by atoms with Gasteiger partial charge in [0.15, 0.2) is 0 Å². The maximum absolute atomic E-state index is 14.0. The standard InChI is InChI=1S/C22H25ClN2O5S/c1-3-10-24(14-6-4-13(23)5-7-14)20(28)18-22-9-8-15(31-22)16(21(29)30)17(22)19(27)25(18)12(2)11-26/h3-7,12,15-18,26H,1,8-11H2,2H3,(H,29,30)/t12-,15+,16-,17+,18?,22?/m1/s1. The molecule has 2 unspecified atom stereocenters. The fourth-order valence-electron chi connectivity index (χ4n) is 5.43. The second-order valence-electron chi connectivity index (χ2n) is 8.39. The Morgan fingerprint density at radius 1 is 1.42 bits per heavy atom. The molecule has 2 bridgehead atoms. The maximum Gasteiger partial charge on any atom is 0.308 e. The normalized spacial score (nSPS) is 32.1. The Morgan fingerprint density at radius 3 is 2.68 bits per heavy atom. The number of aliphatic carboxylic acids is 1. The van der Waals surface area contributed by atoms with Crippen molar-refractivity contribution in [1.29, 1.82) is 0 Å². The molecule has 1 aromatic rings. The lowest BCUT2D eigenvalue weighted by Crippen LogP contribution is -2.57. The number of likely N-dealkylation sites (tertiary alicyclic amines) is 1. The van der Waals surface area contributed by atoms with Crippen LogP contribution in [0.25, 0.3) is 0 Å². The summed E-state index contributed by atoms with van der Waals surface area (Å²) in [5.74, 6) is -3.23. The molecule has 0 aliphatic carbocycles. The molecule has 3 aliphatic rings. The number of carboxylic acids is 1. The number of carboxylic acid groups (broad SMARTS) is 1. The molecule has 6 atom stereocenters. The van der Waals surface area contributed by atoms with Gasteiger partial charge in [0, 0.05) is 22.5 Å². The van der Waals surface area contributed by atoms with Gasteiger partial charge in [0.05, 0.1) is 29.2 Å². The molecule has 2 N–H and O–H groups in total. The fraction of sp³-hybridized carbons (Fsp3) is 0.500. The van der Waals surface area contributed by atoms with Crippen LogP contribution in [0.15, 0.2) is 36.9 Å². The average molecular weight is 465 g/mol. The number of hydrogen-bond acceptors (Lipinski definition) is 5. The van der Waals surface area contributed by atoms with Gasteiger partial charge in [-0.05, 0) is 44.0 Å². The van der Waals surface area contributed by atoms with E-state index in [1.54, 1.807) is 42.2 Å². The molecule has 0 radical (unpaired) electrons. The largest absolute Gasteiger partial charge is 0.481 e. The van der Waals surface area contributed by atoms with Gasteiger partial charge >= 0.3 is 5.97 Å². The van der Waals surface area contributed by atoms with Gasteiger partial charge in [-0.1, -0.05) is 17.7 Å². The molecule has 31 heavy (non-hydrogen) atoms. The number of aliphatic hydroxyl groups is 1. The lowest BCUT2D eigenvalue weighted by atomic mass is 9.71. The molecule has 3 fully saturated rings. The minimum Gasteiger partial charge on any atom is -0.481 e. The van der Waals surface area contributed by atoms with Crippen LogP contribution in [0.2, 0.25) is 5.02 Å². The summed E-state index contributed by atoms with van der Waals surface area (Å²) in [7, 11) is 0. The quantitative estimate of drug-likeness (QED) is 0.601. The minimum absolute atomic E-state index is 0.184. The van der Waals surface area contributed by atoms with Crippen LogP contribution in [-0.4, -0.2) is 68.1 Å². The first-order valence-electron chi connectivity index (χ1n) is 10.3. The molecule has 3 saturated heterocycles. The van der Waals surface area contributed by atoms with Crippen LogP contribution in [0.4, 0.5) is 5.69 Å². The molecule has 7 nitrogen and oxygen atoms in total. The number of rotatable bonds is 7. The van der Waals surface area contributed by atoms with Crippen LogP contribution in [-0.2, 0) is 14.4 Å². The number of benzene rings is 1. The molecule has 2 amide bonds. The van der Waals surface area contributed by atoms with Gasteiger partial charge in [-0.25, -0.2) is 0 Å². The van der Waals surface area contributed by atoms with Crippen molar-refractivity contribution in [1.82, 2.24) is 4.90 Å². The third-order valence-electron chi connectivity index (χ3n) is 6.71. The maximum atomic E-state index is 14.0. The van der Waals surface area contributed by atoms with Gasteiger partial charge in [-0.3, -0.25) is 14.4 Å². The number of aliphatic hydroxyl groups excluding tert-OH is 1. The van der Waals surface area contributed by atoms with Crippen LogP contribution >= 0.6 is 23.4 Å². The second kappa shape index (κ2) is 8.15. The summed E-state index contributed by atoms with van der Waals surface area (Å²) in [4.78, 5) is 42.5. The van der Waals surface area contributed by atoms with Gasteiger partial charge in [-0.15, -0.1) is 18.3 Å². The summed E-state index contributed by atoms with van der Waals surface area (Å²) in [6, 6.07) is 5.37. The Labute approximate surface area is 190 Å². The number of hydrogen-bond donors (Lipinski definition) is 2. The summed E-state index contributed by atoms with van der Waals surface area (Å²) < 4.78 is -0.808. The SMILES string of the molecule is C=CCN(C(=O)C1N([C@H](C)CO)C(=O)[C@@H]2[C@H](C(=O)O)[C@@H]3CCC12S3)c1ccc(Cl)cc1. The van der Waals surface area contributed by atoms with Crippen LogP contribution in [0.1, 0.15) is 19.8 Å². The van der Waals surface area contributed by atoms with Crippen molar-refractivity contribution in [2.45, 2.75) is 41.8 Å². The van der Waals surface area contributed by atoms with E-state index in [0.29, 0.717) is 23.6 Å². The van der Waals surface area contributed by atoms with Gasteiger partial charge in [0.2, 0.25) is 5.91 Å². The number of carbonyl (C=O) groups is 3. The first kappa shape index (κ1) is 22.2. The molecule has 3 aliphatic heterocycles. The predicted molar refractivity (Wildman–Crippen MR) is 119 cm³/mol. The highest BCUT2D eigenvalue weighted by atomic mass is 35.5. The number of nitrogens with zero attached hydrogens (tertiary/aromatic N) is 2. The van der Waals surface area contributed by atoms with Crippen LogP contribution in [0, 0.1) is 11.8 Å². The van der Waals surface area contributed by atoms with Crippen LogP contribution < -0.4 is 4.90 Å². The van der Waals surface area contributed by atoms with E-state index in [0.717, 1.165) is 0 Å². The van der Waals surface area contributed by atoms with Gasteiger partial charge < -0.3 is 20.0 Å². The number of thioether (sulfide) groups is 1. The zero-order chi connectivity index (χ0) is 22.5. The monoisotopic (exact) mass is 464 g/mol. The van der Waals surface area contributed by atoms with Crippen molar-refractivity contribution >= 4 is 46.8 Å². The van der Waals surface area contributed by atoms with E-state index < -0.39 is 34.6 Å². The molecular weight excluding hydrogens is 440 g/mol. The summed E-state index contributed by atoms with van der Waals surface area (Å²) in [5.41, 5.74) is 0.616. The Morgan fingerprint density at radius 2 is 2.10 bits per heavy atom. The van der Waals surface area contributed by atoms with E-state index in [4.69, 9.17) is 11.6 Å². The summed E-state index contributed by atoms with van der Waals surface area (Å²) in [6.07, 6.45) is 2.85. The summed E-state index contributed by atoms with van der Waals surface area (Å²) >= 11 is 7.48. The van der Waals surface area contributed by atoms with E-state index in [1.165, 1.54) is 16.7 Å². The van der Waals surface area contributed by atoms with Gasteiger partial charge in [-0.2, -0.15) is 0 Å². The lowest BCUT2D eigenvalue weighted by molar-refractivity contribution is -0.149. The highest BCUT2D eigenvalue weighted by Gasteiger charge is 2.74. The molecule has 3 heterocycles. The summed E-state index contributed by atoms with van der Waals surface area (Å²) in [5, 5.41) is 20.0. The third-order valence-corrected chi connectivity index (χ3v) is 8.92. The third kappa shape index (κ3) is 3.27. The van der Waals surface area contributed by atoms with Crippen LogP contribution in [0.3, 0.4) is 0 Å². The topological polar surface area (TPSA) is 98.2 Å². The Balaban J connectivity index is 1.80. The smallest absolute Gasteiger partial charge is 0.308 e. The van der Waals surface area contributed by atoms with E-state index in [2.05, 4.69) is 6.58 Å². The first-order valence-corrected chi connectivity index (χ1v) is 11.5. The fourth-order valence-corrected chi connectivity index (χ4v) is 7.75. The molecule has 1 aromatic carbocycles. The van der Waals surface area contributed by atoms with E-state index in [9.17, 15) is 24.6 Å². The zero-order valence-corrected chi connectivity index (χ0v) is 18.7. The molecule has 166 valence electrons. The van der Waals surface area contributed by atoms with Crippen LogP contribution in [0.5, 0.6) is 0 Å². The number of amides is 2. The summed E-state index contributed by atoms with van der Waals surface area (Å²) in [6.45, 7) is 5.36. The predicted octanol–water partition coefficient (Wildman–Crippen LogP) is 2.42. The Kier molecular flexibility index (Phi) is 5.83. The molecule has 0 saturated carbocycles. The van der Waals surface area contributed by atoms with Gasteiger partial charge in [0.25, 0.3) is 5.91 Å². The lowest BCUT2D eigenvalue weighted by Gasteiger charge is -2.38. The van der Waals surface area contributed by atoms with Crippen molar-refractivity contribution in [3.63, 3.8) is 0 Å². The number of carbonyl (C=O) groups excluding carboxylic acids is 2. The number of fused-ring (bicyclic) bond motifs is 1. The molecule has 1 spiro atoms. The van der Waals surface area contributed by atoms with Crippen molar-refractivity contribution in [2.24, 2.45) is 11.8 Å². The molecule has 9 heteroatoms. The highest BCUT2D eigenvalue weighted by Crippen LogP contribution is 2.66. The van der Waals surface area contributed by atoms with Gasteiger partial charge in [0.1, 0.15) is 6.04 Å². The van der Waals surface area contributed by atoms with E-state index >= 15 is 0 Å². The van der Waals surface area contributed by atoms with E-state index in [-0.39, 0.29) is 30.2 Å². The first-order chi connectivity index (χ1) is 14.8. The Bertz CT molecular complexity index is 925. The minimum atomic E-state index is -0.997. The van der Waals surface area contributed by atoms with Crippen molar-refractivity contribution < 1.29 is 24.6 Å². The molecule has 4 rings (SSSR count). The van der Waals surface area contributed by atoms with Crippen molar-refractivity contribution in [3.05, 3.63) is 41.9 Å². The average Bonchev–Trinajstić information content (AvgIpc) is 3.39.